The predicted molar refractivity (Wildman–Crippen MR) is 119 cm³/mol. The summed E-state index contributed by atoms with van der Waals surface area (Å²) >= 11 is 0. The first kappa shape index (κ1) is 22.5. The van der Waals surface area contributed by atoms with Crippen LogP contribution in [0.15, 0.2) is 53.4 Å². The first-order chi connectivity index (χ1) is 14.2. The summed E-state index contributed by atoms with van der Waals surface area (Å²) in [5, 5.41) is 0. The van der Waals surface area contributed by atoms with Gasteiger partial charge in [-0.3, -0.25) is 9.69 Å². The molecule has 0 spiro atoms. The highest BCUT2D eigenvalue weighted by Gasteiger charge is 2.26. The van der Waals surface area contributed by atoms with E-state index in [1.165, 1.54) is 21.5 Å². The van der Waals surface area contributed by atoms with Crippen LogP contribution in [-0.2, 0) is 16.6 Å². The second kappa shape index (κ2) is 9.29. The van der Waals surface area contributed by atoms with Crippen LogP contribution in [0.4, 0.5) is 0 Å². The molecule has 1 fully saturated rings. The molecular weight excluding hydrogens is 398 g/mol. The minimum Gasteiger partial charge on any atom is -0.336 e. The van der Waals surface area contributed by atoms with E-state index in [1.54, 1.807) is 25.2 Å². The summed E-state index contributed by atoms with van der Waals surface area (Å²) in [6.45, 7) is 9.47. The summed E-state index contributed by atoms with van der Waals surface area (Å²) in [7, 11) is -2.06. The van der Waals surface area contributed by atoms with E-state index >= 15 is 0 Å². The number of rotatable bonds is 6. The van der Waals surface area contributed by atoms with Gasteiger partial charge >= 0.3 is 0 Å². The van der Waals surface area contributed by atoms with Gasteiger partial charge in [0.2, 0.25) is 10.0 Å². The summed E-state index contributed by atoms with van der Waals surface area (Å²) in [6.07, 6.45) is 0. The number of sulfonamides is 1. The number of aryl methyl sites for hydroxylation is 1. The molecule has 7 heteroatoms. The number of nitrogens with zero attached hydrogens (tertiary/aromatic N) is 3. The lowest BCUT2D eigenvalue weighted by Gasteiger charge is -2.35. The van der Waals surface area contributed by atoms with Gasteiger partial charge in [-0.2, -0.15) is 4.31 Å². The van der Waals surface area contributed by atoms with E-state index in [2.05, 4.69) is 36.1 Å². The minimum atomic E-state index is -3.62. The van der Waals surface area contributed by atoms with E-state index in [9.17, 15) is 13.2 Å². The smallest absolute Gasteiger partial charge is 0.253 e. The molecule has 1 aliphatic heterocycles. The lowest BCUT2D eigenvalue weighted by atomic mass is 10.1. The Morgan fingerprint density at radius 2 is 1.70 bits per heavy atom. The zero-order valence-electron chi connectivity index (χ0n) is 18.2. The molecule has 0 radical (unpaired) electrons. The molecule has 1 aliphatic rings. The van der Waals surface area contributed by atoms with Crippen LogP contribution in [0.25, 0.3) is 0 Å². The monoisotopic (exact) mass is 429 g/mol. The quantitative estimate of drug-likeness (QED) is 0.708. The largest absolute Gasteiger partial charge is 0.336 e. The third-order valence-electron chi connectivity index (χ3n) is 5.63. The normalized spacial score (nSPS) is 15.7. The number of hydrogen-bond donors (Lipinski definition) is 0. The second-order valence-corrected chi connectivity index (χ2v) is 10.2. The zero-order valence-corrected chi connectivity index (χ0v) is 19.0. The van der Waals surface area contributed by atoms with Crippen molar-refractivity contribution in [3.8, 4) is 0 Å². The Bertz CT molecular complexity index is 996. The van der Waals surface area contributed by atoms with Gasteiger partial charge < -0.3 is 4.90 Å². The third kappa shape index (κ3) is 5.09. The van der Waals surface area contributed by atoms with E-state index < -0.39 is 10.0 Å². The second-order valence-electron chi connectivity index (χ2n) is 8.20. The average molecular weight is 430 g/mol. The Balaban J connectivity index is 1.65. The molecule has 30 heavy (non-hydrogen) atoms. The number of piperazine rings is 1. The maximum absolute atomic E-state index is 13.0. The Kier molecular flexibility index (Phi) is 6.95. The van der Waals surface area contributed by atoms with Gasteiger partial charge in [-0.1, -0.05) is 35.9 Å². The molecule has 2 aromatic rings. The number of hydrogen-bond acceptors (Lipinski definition) is 4. The van der Waals surface area contributed by atoms with Crippen molar-refractivity contribution in [2.24, 2.45) is 0 Å². The highest BCUT2D eigenvalue weighted by molar-refractivity contribution is 7.89. The van der Waals surface area contributed by atoms with Crippen molar-refractivity contribution in [1.29, 1.82) is 0 Å². The SMILES string of the molecule is Cc1cccc(CN2CCN(C(=O)c3cccc(S(=O)(=O)N(C)C(C)C)c3)CC2)c1. The molecule has 1 amide bonds. The van der Waals surface area contributed by atoms with Crippen LogP contribution in [-0.4, -0.2) is 67.7 Å². The van der Waals surface area contributed by atoms with Crippen LogP contribution in [0, 0.1) is 6.92 Å². The topological polar surface area (TPSA) is 60.9 Å². The first-order valence-electron chi connectivity index (χ1n) is 10.3. The van der Waals surface area contributed by atoms with Gasteiger partial charge in [-0.25, -0.2) is 8.42 Å². The molecule has 0 aliphatic carbocycles. The zero-order chi connectivity index (χ0) is 21.9. The fourth-order valence-corrected chi connectivity index (χ4v) is 5.01. The van der Waals surface area contributed by atoms with Crippen molar-refractivity contribution < 1.29 is 13.2 Å². The van der Waals surface area contributed by atoms with Crippen LogP contribution in [0.5, 0.6) is 0 Å². The van der Waals surface area contributed by atoms with Gasteiger partial charge in [0.25, 0.3) is 5.91 Å². The molecule has 0 atom stereocenters. The van der Waals surface area contributed by atoms with Crippen LogP contribution in [0.2, 0.25) is 0 Å². The summed E-state index contributed by atoms with van der Waals surface area (Å²) in [5.41, 5.74) is 2.95. The summed E-state index contributed by atoms with van der Waals surface area (Å²) in [5.74, 6) is -0.116. The molecule has 1 saturated heterocycles. The fraction of sp³-hybridized carbons (Fsp3) is 0.435. The van der Waals surface area contributed by atoms with Gasteiger partial charge in [0.05, 0.1) is 4.90 Å². The van der Waals surface area contributed by atoms with Crippen LogP contribution in [0.3, 0.4) is 0 Å². The molecule has 1 heterocycles. The Hall–Kier alpha value is -2.22. The standard InChI is InChI=1S/C23H31N3O3S/c1-18(2)24(4)30(28,29)22-10-6-9-21(16-22)23(27)26-13-11-25(12-14-26)17-20-8-5-7-19(3)15-20/h5-10,15-16,18H,11-14,17H2,1-4H3. The van der Waals surface area contributed by atoms with Crippen molar-refractivity contribution in [3.05, 3.63) is 65.2 Å². The Morgan fingerprint density at radius 3 is 2.33 bits per heavy atom. The lowest BCUT2D eigenvalue weighted by molar-refractivity contribution is 0.0628. The van der Waals surface area contributed by atoms with Crippen LogP contribution < -0.4 is 0 Å². The van der Waals surface area contributed by atoms with Crippen LogP contribution >= 0.6 is 0 Å². The van der Waals surface area contributed by atoms with Gasteiger partial charge in [-0.05, 0) is 44.5 Å². The van der Waals surface area contributed by atoms with E-state index in [1.807, 2.05) is 18.7 Å². The molecule has 0 unspecified atom stereocenters. The average Bonchev–Trinajstić information content (AvgIpc) is 2.73. The van der Waals surface area contributed by atoms with E-state index in [0.29, 0.717) is 18.7 Å². The van der Waals surface area contributed by atoms with Crippen molar-refractivity contribution >= 4 is 15.9 Å². The molecule has 0 bridgehead atoms. The van der Waals surface area contributed by atoms with E-state index in [-0.39, 0.29) is 16.8 Å². The molecule has 6 nitrogen and oxygen atoms in total. The Labute approximate surface area is 180 Å². The van der Waals surface area contributed by atoms with Crippen molar-refractivity contribution in [1.82, 2.24) is 14.1 Å². The first-order valence-corrected chi connectivity index (χ1v) is 11.8. The highest BCUT2D eigenvalue weighted by atomic mass is 32.2. The molecular formula is C23H31N3O3S. The molecule has 3 rings (SSSR count). The van der Waals surface area contributed by atoms with Crippen molar-refractivity contribution in [2.75, 3.05) is 33.2 Å². The molecule has 2 aromatic carbocycles. The molecule has 0 saturated carbocycles. The maximum atomic E-state index is 13.0. The van der Waals surface area contributed by atoms with Gasteiger partial charge in [0.1, 0.15) is 0 Å². The highest BCUT2D eigenvalue weighted by Crippen LogP contribution is 2.19. The number of carbonyl (C=O) groups excluding carboxylic acids is 1. The number of amides is 1. The molecule has 0 aromatic heterocycles. The van der Waals surface area contributed by atoms with Gasteiger partial charge in [0, 0.05) is 51.4 Å². The van der Waals surface area contributed by atoms with Crippen LogP contribution in [0.1, 0.15) is 35.3 Å². The van der Waals surface area contributed by atoms with Gasteiger partial charge in [0.15, 0.2) is 0 Å². The third-order valence-corrected chi connectivity index (χ3v) is 7.66. The Morgan fingerprint density at radius 1 is 1.03 bits per heavy atom. The van der Waals surface area contributed by atoms with Gasteiger partial charge in [-0.15, -0.1) is 0 Å². The van der Waals surface area contributed by atoms with E-state index in [4.69, 9.17) is 0 Å². The van der Waals surface area contributed by atoms with Crippen molar-refractivity contribution in [2.45, 2.75) is 38.3 Å². The summed E-state index contributed by atoms with van der Waals surface area (Å²) < 4.78 is 26.8. The van der Waals surface area contributed by atoms with Crippen molar-refractivity contribution in [3.63, 3.8) is 0 Å². The number of benzene rings is 2. The molecule has 162 valence electrons. The summed E-state index contributed by atoms with van der Waals surface area (Å²) in [6, 6.07) is 14.7. The van der Waals surface area contributed by atoms with E-state index in [0.717, 1.165) is 19.6 Å². The summed E-state index contributed by atoms with van der Waals surface area (Å²) in [4.78, 5) is 17.3. The maximum Gasteiger partial charge on any atom is 0.253 e. The molecule has 0 N–H and O–H groups in total. The number of carbonyl (C=O) groups is 1. The minimum absolute atomic E-state index is 0.116. The fourth-order valence-electron chi connectivity index (χ4n) is 3.59. The lowest BCUT2D eigenvalue weighted by Crippen LogP contribution is -2.48. The predicted octanol–water partition coefficient (Wildman–Crippen LogP) is 2.98.